The smallest absolute Gasteiger partial charge is 0.329 e. The number of piperazine rings is 1. The Balaban J connectivity index is 2.31. The second-order valence-electron chi connectivity index (χ2n) is 5.39. The van der Waals surface area contributed by atoms with Crippen LogP contribution in [0.15, 0.2) is 6.20 Å². The second-order valence-corrected chi connectivity index (χ2v) is 5.39. The van der Waals surface area contributed by atoms with Gasteiger partial charge in [-0.15, -0.1) is 0 Å². The first kappa shape index (κ1) is 15.4. The minimum atomic E-state index is -0.413. The molecule has 1 aliphatic rings. The molecule has 116 valence electrons. The van der Waals surface area contributed by atoms with E-state index in [1.54, 1.807) is 0 Å². The Morgan fingerprint density at radius 3 is 2.90 bits per heavy atom. The van der Waals surface area contributed by atoms with Crippen LogP contribution in [-0.2, 0) is 0 Å². The standard InChI is InChI=1S/C13H22N6O2/c1-4-5-14-13-15-8-11(19(20)21)12(16-13)18-7-6-17(3)9-10(18)2/h8,10H,4-7,9H2,1-3H3,(H,14,15,16). The van der Waals surface area contributed by atoms with Crippen molar-refractivity contribution in [3.8, 4) is 0 Å². The minimum Gasteiger partial charge on any atom is -0.354 e. The van der Waals surface area contributed by atoms with Crippen molar-refractivity contribution in [3.63, 3.8) is 0 Å². The van der Waals surface area contributed by atoms with Crippen molar-refractivity contribution in [3.05, 3.63) is 16.3 Å². The van der Waals surface area contributed by atoms with E-state index in [0.29, 0.717) is 11.8 Å². The first-order valence-corrected chi connectivity index (χ1v) is 7.23. The average Bonchev–Trinajstić information content (AvgIpc) is 2.44. The van der Waals surface area contributed by atoms with E-state index >= 15 is 0 Å². The zero-order chi connectivity index (χ0) is 15.4. The average molecular weight is 294 g/mol. The van der Waals surface area contributed by atoms with E-state index in [2.05, 4.69) is 34.2 Å². The van der Waals surface area contributed by atoms with Gasteiger partial charge in [0.15, 0.2) is 0 Å². The number of nitrogens with one attached hydrogen (secondary N) is 1. The Hall–Kier alpha value is -1.96. The fourth-order valence-electron chi connectivity index (χ4n) is 2.48. The zero-order valence-electron chi connectivity index (χ0n) is 12.7. The van der Waals surface area contributed by atoms with Gasteiger partial charge in [0, 0.05) is 32.2 Å². The molecule has 0 aliphatic carbocycles. The van der Waals surface area contributed by atoms with E-state index in [4.69, 9.17) is 0 Å². The van der Waals surface area contributed by atoms with Gasteiger partial charge < -0.3 is 15.1 Å². The molecule has 0 spiro atoms. The highest BCUT2D eigenvalue weighted by atomic mass is 16.6. The molecular weight excluding hydrogens is 272 g/mol. The fourth-order valence-corrected chi connectivity index (χ4v) is 2.48. The Labute approximate surface area is 124 Å². The number of hydrogen-bond donors (Lipinski definition) is 1. The van der Waals surface area contributed by atoms with Gasteiger partial charge >= 0.3 is 5.69 Å². The predicted octanol–water partition coefficient (Wildman–Crippen LogP) is 1.35. The number of nitro groups is 1. The van der Waals surface area contributed by atoms with E-state index in [9.17, 15) is 10.1 Å². The van der Waals surface area contributed by atoms with Crippen LogP contribution in [0.25, 0.3) is 0 Å². The maximum Gasteiger partial charge on any atom is 0.329 e. The Bertz CT molecular complexity index is 509. The second kappa shape index (κ2) is 6.66. The third-order valence-corrected chi connectivity index (χ3v) is 3.58. The lowest BCUT2D eigenvalue weighted by atomic mass is 10.2. The van der Waals surface area contributed by atoms with Crippen LogP contribution in [0.3, 0.4) is 0 Å². The molecule has 0 bridgehead atoms. The molecule has 1 unspecified atom stereocenters. The molecule has 1 fully saturated rings. The quantitative estimate of drug-likeness (QED) is 0.647. The largest absolute Gasteiger partial charge is 0.354 e. The van der Waals surface area contributed by atoms with Crippen LogP contribution in [0.2, 0.25) is 0 Å². The van der Waals surface area contributed by atoms with Crippen molar-refractivity contribution in [1.82, 2.24) is 14.9 Å². The fraction of sp³-hybridized carbons (Fsp3) is 0.692. The highest BCUT2D eigenvalue weighted by Crippen LogP contribution is 2.28. The highest BCUT2D eigenvalue weighted by molar-refractivity contribution is 5.59. The van der Waals surface area contributed by atoms with Gasteiger partial charge in [-0.05, 0) is 20.4 Å². The van der Waals surface area contributed by atoms with Crippen LogP contribution in [0.5, 0.6) is 0 Å². The Kier molecular flexibility index (Phi) is 4.89. The van der Waals surface area contributed by atoms with Crippen molar-refractivity contribution in [2.24, 2.45) is 0 Å². The monoisotopic (exact) mass is 294 g/mol. The molecule has 0 radical (unpaired) electrons. The van der Waals surface area contributed by atoms with Crippen LogP contribution < -0.4 is 10.2 Å². The van der Waals surface area contributed by atoms with Crippen molar-refractivity contribution in [1.29, 1.82) is 0 Å². The molecule has 1 aromatic rings. The van der Waals surface area contributed by atoms with Gasteiger partial charge in [0.25, 0.3) is 0 Å². The third kappa shape index (κ3) is 3.57. The first-order chi connectivity index (χ1) is 10.0. The van der Waals surface area contributed by atoms with Gasteiger partial charge in [-0.25, -0.2) is 4.98 Å². The number of anilines is 2. The van der Waals surface area contributed by atoms with Gasteiger partial charge in [0.05, 0.1) is 4.92 Å². The minimum absolute atomic E-state index is 0.0338. The number of nitrogens with zero attached hydrogens (tertiary/aromatic N) is 5. The molecule has 0 saturated carbocycles. The lowest BCUT2D eigenvalue weighted by Crippen LogP contribution is -2.51. The van der Waals surface area contributed by atoms with E-state index in [-0.39, 0.29) is 11.7 Å². The molecule has 21 heavy (non-hydrogen) atoms. The molecule has 8 nitrogen and oxygen atoms in total. The molecule has 1 aromatic heterocycles. The topological polar surface area (TPSA) is 87.4 Å². The maximum atomic E-state index is 11.2. The van der Waals surface area contributed by atoms with Gasteiger partial charge in [0.1, 0.15) is 6.20 Å². The molecule has 2 rings (SSSR count). The van der Waals surface area contributed by atoms with E-state index < -0.39 is 4.92 Å². The van der Waals surface area contributed by atoms with E-state index in [1.165, 1.54) is 6.20 Å². The van der Waals surface area contributed by atoms with Crippen LogP contribution in [0, 0.1) is 10.1 Å². The van der Waals surface area contributed by atoms with Gasteiger partial charge in [-0.2, -0.15) is 4.98 Å². The molecule has 0 amide bonds. The van der Waals surface area contributed by atoms with E-state index in [0.717, 1.165) is 32.6 Å². The lowest BCUT2D eigenvalue weighted by Gasteiger charge is -2.38. The maximum absolute atomic E-state index is 11.2. The molecule has 1 N–H and O–H groups in total. The molecule has 1 saturated heterocycles. The first-order valence-electron chi connectivity index (χ1n) is 7.23. The molecule has 8 heteroatoms. The van der Waals surface area contributed by atoms with Crippen LogP contribution in [0.4, 0.5) is 17.5 Å². The SMILES string of the molecule is CCCNc1ncc([N+](=O)[O-])c(N2CCN(C)CC2C)n1. The van der Waals surface area contributed by atoms with Crippen molar-refractivity contribution in [2.75, 3.05) is 43.4 Å². The summed E-state index contributed by atoms with van der Waals surface area (Å²) in [7, 11) is 2.05. The van der Waals surface area contributed by atoms with Gasteiger partial charge in [0.2, 0.25) is 11.8 Å². The predicted molar refractivity (Wildman–Crippen MR) is 81.8 cm³/mol. The summed E-state index contributed by atoms with van der Waals surface area (Å²) in [5, 5.41) is 14.3. The molecular formula is C13H22N6O2. The third-order valence-electron chi connectivity index (χ3n) is 3.58. The lowest BCUT2D eigenvalue weighted by molar-refractivity contribution is -0.384. The van der Waals surface area contributed by atoms with Gasteiger partial charge in [-0.1, -0.05) is 6.92 Å². The number of hydrogen-bond acceptors (Lipinski definition) is 7. The van der Waals surface area contributed by atoms with Crippen molar-refractivity contribution >= 4 is 17.5 Å². The van der Waals surface area contributed by atoms with Crippen LogP contribution in [-0.4, -0.2) is 59.1 Å². The summed E-state index contributed by atoms with van der Waals surface area (Å²) in [4.78, 5) is 23.4. The number of rotatable bonds is 5. The zero-order valence-corrected chi connectivity index (χ0v) is 12.7. The Morgan fingerprint density at radius 2 is 2.29 bits per heavy atom. The summed E-state index contributed by atoms with van der Waals surface area (Å²) in [6, 6.07) is 0.177. The summed E-state index contributed by atoms with van der Waals surface area (Å²) >= 11 is 0. The molecule has 2 heterocycles. The number of likely N-dealkylation sites (N-methyl/N-ethyl adjacent to an activating group) is 1. The molecule has 1 aliphatic heterocycles. The summed E-state index contributed by atoms with van der Waals surface area (Å²) in [6.45, 7) is 7.29. The van der Waals surface area contributed by atoms with E-state index in [1.807, 2.05) is 11.8 Å². The summed E-state index contributed by atoms with van der Waals surface area (Å²) in [5.41, 5.74) is -0.0338. The van der Waals surface area contributed by atoms with Gasteiger partial charge in [-0.3, -0.25) is 10.1 Å². The molecule has 1 atom stereocenters. The van der Waals surface area contributed by atoms with Crippen molar-refractivity contribution in [2.45, 2.75) is 26.3 Å². The molecule has 0 aromatic carbocycles. The highest BCUT2D eigenvalue weighted by Gasteiger charge is 2.29. The summed E-state index contributed by atoms with van der Waals surface area (Å²) < 4.78 is 0. The Morgan fingerprint density at radius 1 is 1.52 bits per heavy atom. The summed E-state index contributed by atoms with van der Waals surface area (Å²) in [5.74, 6) is 0.859. The van der Waals surface area contributed by atoms with Crippen LogP contribution in [0.1, 0.15) is 20.3 Å². The summed E-state index contributed by atoms with van der Waals surface area (Å²) in [6.07, 6.45) is 2.24. The number of aromatic nitrogens is 2. The van der Waals surface area contributed by atoms with Crippen LogP contribution >= 0.6 is 0 Å². The van der Waals surface area contributed by atoms with Crippen molar-refractivity contribution < 1.29 is 4.92 Å². The normalized spacial score (nSPS) is 19.6.